The first-order chi connectivity index (χ1) is 7.46. The van der Waals surface area contributed by atoms with E-state index in [1.54, 1.807) is 6.07 Å². The third kappa shape index (κ3) is 2.21. The Morgan fingerprint density at radius 2 is 1.94 bits per heavy atom. The zero-order chi connectivity index (χ0) is 11.8. The number of rotatable bonds is 1. The van der Waals surface area contributed by atoms with Gasteiger partial charge in [0.2, 0.25) is 5.88 Å². The third-order valence-electron chi connectivity index (χ3n) is 2.04. The van der Waals surface area contributed by atoms with E-state index >= 15 is 0 Å². The smallest absolute Gasteiger partial charge is 0.391 e. The van der Waals surface area contributed by atoms with Gasteiger partial charge in [0.1, 0.15) is 0 Å². The van der Waals surface area contributed by atoms with Crippen molar-refractivity contribution in [3.8, 4) is 0 Å². The molecular weight excluding hydrogens is 204 g/mol. The molecule has 0 spiro atoms. The van der Waals surface area contributed by atoms with E-state index in [1.165, 1.54) is 0 Å². The highest BCUT2D eigenvalue weighted by Gasteiger charge is 2.14. The average Bonchev–Trinajstić information content (AvgIpc) is 2.14. The van der Waals surface area contributed by atoms with E-state index in [-0.39, 0.29) is 5.54 Å². The van der Waals surface area contributed by atoms with Gasteiger partial charge in [-0.1, -0.05) is 12.1 Å². The lowest BCUT2D eigenvalue weighted by Gasteiger charge is -2.21. The zero-order valence-electron chi connectivity index (χ0n) is 9.57. The molecule has 1 N–H and O–H groups in total. The monoisotopic (exact) mass is 218 g/mol. The predicted molar refractivity (Wildman–Crippen MR) is 63.7 cm³/mol. The normalized spacial score (nSPS) is 11.7. The van der Waals surface area contributed by atoms with Gasteiger partial charge in [-0.05, 0) is 32.9 Å². The summed E-state index contributed by atoms with van der Waals surface area (Å²) in [5.41, 5.74) is 0.477. The van der Waals surface area contributed by atoms with Crippen LogP contribution in [0, 0.1) is 0 Å². The quantitative estimate of drug-likeness (QED) is 0.798. The Kier molecular flexibility index (Phi) is 2.42. The summed E-state index contributed by atoms with van der Waals surface area (Å²) in [6.07, 6.45) is 0. The number of nitrogens with one attached hydrogen (secondary N) is 1. The molecule has 4 nitrogen and oxygen atoms in total. The zero-order valence-corrected chi connectivity index (χ0v) is 9.57. The van der Waals surface area contributed by atoms with Gasteiger partial charge in [-0.15, -0.1) is 0 Å². The Labute approximate surface area is 93.3 Å². The van der Waals surface area contributed by atoms with Crippen molar-refractivity contribution in [2.45, 2.75) is 26.3 Å². The molecule has 1 aromatic heterocycles. The molecule has 0 saturated heterocycles. The minimum absolute atomic E-state index is 0.167. The van der Waals surface area contributed by atoms with Gasteiger partial charge in [0.25, 0.3) is 0 Å². The van der Waals surface area contributed by atoms with Gasteiger partial charge >= 0.3 is 5.76 Å². The number of anilines is 1. The fraction of sp³-hybridized carbons (Fsp3) is 0.333. The molecular formula is C12H14N2O2. The van der Waals surface area contributed by atoms with Crippen molar-refractivity contribution < 1.29 is 4.42 Å². The number of hydrogen-bond donors (Lipinski definition) is 1. The molecule has 0 radical (unpaired) electrons. The van der Waals surface area contributed by atoms with Crippen LogP contribution in [0.2, 0.25) is 0 Å². The van der Waals surface area contributed by atoms with E-state index in [9.17, 15) is 4.79 Å². The van der Waals surface area contributed by atoms with Crippen LogP contribution in [0.15, 0.2) is 33.5 Å². The summed E-state index contributed by atoms with van der Waals surface area (Å²) in [7, 11) is 0. The number of hydrogen-bond acceptors (Lipinski definition) is 4. The van der Waals surface area contributed by atoms with Crippen LogP contribution in [-0.2, 0) is 0 Å². The lowest BCUT2D eigenvalue weighted by atomic mass is 10.1. The van der Waals surface area contributed by atoms with Crippen LogP contribution in [0.1, 0.15) is 20.8 Å². The third-order valence-corrected chi connectivity index (χ3v) is 2.04. The molecule has 0 atom stereocenters. The lowest BCUT2D eigenvalue weighted by Crippen LogP contribution is -2.27. The van der Waals surface area contributed by atoms with Gasteiger partial charge in [-0.2, -0.15) is 4.98 Å². The molecule has 4 heteroatoms. The van der Waals surface area contributed by atoms with Gasteiger partial charge in [0.15, 0.2) is 0 Å². The summed E-state index contributed by atoms with van der Waals surface area (Å²) >= 11 is 0. The Balaban J connectivity index is 2.64. The first-order valence-electron chi connectivity index (χ1n) is 5.14. The second-order valence-corrected chi connectivity index (χ2v) is 4.70. The minimum atomic E-state index is -0.578. The van der Waals surface area contributed by atoms with Crippen LogP contribution in [0.25, 0.3) is 10.9 Å². The highest BCUT2D eigenvalue weighted by molar-refractivity contribution is 5.87. The number of nitrogens with zero attached hydrogens (tertiary/aromatic N) is 1. The SMILES string of the molecule is CC(C)(C)Nc1oc(=O)nc2ccccc12. The van der Waals surface area contributed by atoms with Crippen molar-refractivity contribution in [3.63, 3.8) is 0 Å². The maximum atomic E-state index is 11.3. The molecule has 0 aliphatic heterocycles. The topological polar surface area (TPSA) is 55.1 Å². The molecule has 2 aromatic rings. The van der Waals surface area contributed by atoms with Gasteiger partial charge in [-0.25, -0.2) is 4.79 Å². The van der Waals surface area contributed by atoms with Gasteiger partial charge in [0.05, 0.1) is 10.9 Å². The Morgan fingerprint density at radius 1 is 1.25 bits per heavy atom. The minimum Gasteiger partial charge on any atom is -0.391 e. The molecule has 0 aliphatic rings. The molecule has 0 aliphatic carbocycles. The second kappa shape index (κ2) is 3.63. The molecule has 0 unspecified atom stereocenters. The molecule has 84 valence electrons. The van der Waals surface area contributed by atoms with E-state index in [0.29, 0.717) is 11.4 Å². The lowest BCUT2D eigenvalue weighted by molar-refractivity contribution is 0.485. The number of aromatic nitrogens is 1. The summed E-state index contributed by atoms with van der Waals surface area (Å²) in [6, 6.07) is 7.40. The molecule has 0 amide bonds. The van der Waals surface area contributed by atoms with Crippen LogP contribution < -0.4 is 11.1 Å². The summed E-state index contributed by atoms with van der Waals surface area (Å²) in [5, 5.41) is 3.97. The molecule has 0 saturated carbocycles. The van der Waals surface area contributed by atoms with E-state index in [2.05, 4.69) is 10.3 Å². The van der Waals surface area contributed by atoms with Gasteiger partial charge in [0, 0.05) is 5.54 Å². The van der Waals surface area contributed by atoms with Crippen LogP contribution in [-0.4, -0.2) is 10.5 Å². The molecule has 1 aromatic carbocycles. The molecule has 2 rings (SSSR count). The number of para-hydroxylation sites is 1. The fourth-order valence-electron chi connectivity index (χ4n) is 1.46. The van der Waals surface area contributed by atoms with Crippen molar-refractivity contribution in [1.29, 1.82) is 0 Å². The molecule has 1 heterocycles. The van der Waals surface area contributed by atoms with E-state index < -0.39 is 5.76 Å². The standard InChI is InChI=1S/C12H14N2O2/c1-12(2,3)14-10-8-6-4-5-7-9(8)13-11(15)16-10/h4-7,14H,1-3H3. The maximum Gasteiger partial charge on any atom is 0.440 e. The van der Waals surface area contributed by atoms with E-state index in [4.69, 9.17) is 4.42 Å². The molecule has 16 heavy (non-hydrogen) atoms. The number of benzene rings is 1. The van der Waals surface area contributed by atoms with Crippen LogP contribution in [0.5, 0.6) is 0 Å². The van der Waals surface area contributed by atoms with Gasteiger partial charge in [-0.3, -0.25) is 0 Å². The van der Waals surface area contributed by atoms with Crippen molar-refractivity contribution in [2.75, 3.05) is 5.32 Å². The van der Waals surface area contributed by atoms with Crippen molar-refractivity contribution in [2.24, 2.45) is 0 Å². The summed E-state index contributed by atoms with van der Waals surface area (Å²) in [5.74, 6) is -0.103. The summed E-state index contributed by atoms with van der Waals surface area (Å²) in [6.45, 7) is 6.01. The molecule has 0 bridgehead atoms. The fourth-order valence-corrected chi connectivity index (χ4v) is 1.46. The van der Waals surface area contributed by atoms with E-state index in [0.717, 1.165) is 5.39 Å². The summed E-state index contributed by atoms with van der Waals surface area (Å²) in [4.78, 5) is 15.1. The van der Waals surface area contributed by atoms with E-state index in [1.807, 2.05) is 39.0 Å². The Morgan fingerprint density at radius 3 is 2.62 bits per heavy atom. The van der Waals surface area contributed by atoms with Crippen LogP contribution >= 0.6 is 0 Å². The Hall–Kier alpha value is -1.84. The number of fused-ring (bicyclic) bond motifs is 1. The average molecular weight is 218 g/mol. The van der Waals surface area contributed by atoms with Crippen molar-refractivity contribution >= 4 is 16.8 Å². The highest BCUT2D eigenvalue weighted by atomic mass is 16.4. The largest absolute Gasteiger partial charge is 0.440 e. The first kappa shape index (κ1) is 10.7. The van der Waals surface area contributed by atoms with Gasteiger partial charge < -0.3 is 9.73 Å². The first-order valence-corrected chi connectivity index (χ1v) is 5.14. The highest BCUT2D eigenvalue weighted by Crippen LogP contribution is 2.22. The maximum absolute atomic E-state index is 11.3. The predicted octanol–water partition coefficient (Wildman–Crippen LogP) is 2.40. The second-order valence-electron chi connectivity index (χ2n) is 4.70. The molecule has 0 fully saturated rings. The van der Waals surface area contributed by atoms with Crippen LogP contribution in [0.3, 0.4) is 0 Å². The van der Waals surface area contributed by atoms with Crippen molar-refractivity contribution in [1.82, 2.24) is 4.98 Å². The van der Waals surface area contributed by atoms with Crippen LogP contribution in [0.4, 0.5) is 5.88 Å². The summed E-state index contributed by atoms with van der Waals surface area (Å²) < 4.78 is 5.09. The van der Waals surface area contributed by atoms with Crippen molar-refractivity contribution in [3.05, 3.63) is 34.8 Å². The Bertz CT molecular complexity index is 567.